The van der Waals surface area contributed by atoms with E-state index < -0.39 is 11.6 Å². The molecule has 2 atom stereocenters. The summed E-state index contributed by atoms with van der Waals surface area (Å²) < 4.78 is 9.65. The highest BCUT2D eigenvalue weighted by atomic mass is 16.7. The molecule has 146 valence electrons. The lowest BCUT2D eigenvalue weighted by atomic mass is 9.69. The second kappa shape index (κ2) is 7.21. The molecule has 0 fully saturated rings. The second-order valence-electron chi connectivity index (χ2n) is 7.37. The zero-order valence-electron chi connectivity index (χ0n) is 16.6. The molecule has 4 nitrogen and oxygen atoms in total. The quantitative estimate of drug-likeness (QED) is 0.461. The molecule has 0 N–H and O–H groups in total. The Morgan fingerprint density at radius 3 is 2.10 bits per heavy atom. The first-order valence-corrected chi connectivity index (χ1v) is 9.55. The summed E-state index contributed by atoms with van der Waals surface area (Å²) in [6.07, 6.45) is -0.776. The van der Waals surface area contributed by atoms with Crippen molar-refractivity contribution in [1.82, 2.24) is 0 Å². The summed E-state index contributed by atoms with van der Waals surface area (Å²) in [6.45, 7) is 3.99. The van der Waals surface area contributed by atoms with Gasteiger partial charge >= 0.3 is 6.16 Å². The molecule has 0 aromatic heterocycles. The summed E-state index contributed by atoms with van der Waals surface area (Å²) in [5.74, 6) is 0.300. The van der Waals surface area contributed by atoms with Gasteiger partial charge in [0.15, 0.2) is 5.78 Å². The van der Waals surface area contributed by atoms with Crippen LogP contribution in [0.5, 0.6) is 5.75 Å². The van der Waals surface area contributed by atoms with Crippen molar-refractivity contribution in [3.8, 4) is 5.75 Å². The monoisotopic (exact) mass is 386 g/mol. The van der Waals surface area contributed by atoms with E-state index in [2.05, 4.69) is 4.74 Å². The molecule has 29 heavy (non-hydrogen) atoms. The van der Waals surface area contributed by atoms with Crippen molar-refractivity contribution in [3.05, 3.63) is 101 Å². The Bertz CT molecular complexity index is 1070. The smallest absolute Gasteiger partial charge is 0.437 e. The van der Waals surface area contributed by atoms with Crippen molar-refractivity contribution in [2.24, 2.45) is 0 Å². The topological polar surface area (TPSA) is 52.6 Å². The van der Waals surface area contributed by atoms with Crippen molar-refractivity contribution in [1.29, 1.82) is 0 Å². The normalized spacial score (nSPS) is 20.2. The van der Waals surface area contributed by atoms with Gasteiger partial charge in [-0.05, 0) is 41.3 Å². The molecule has 0 heterocycles. The number of hydrogen-bond acceptors (Lipinski definition) is 4. The first-order chi connectivity index (χ1) is 14.0. The summed E-state index contributed by atoms with van der Waals surface area (Å²) in [7, 11) is 1.26. The number of fused-ring (bicyclic) bond motifs is 1. The molecule has 4 heteroatoms. The maximum Gasteiger partial charge on any atom is 0.513 e. The second-order valence-corrected chi connectivity index (χ2v) is 7.37. The van der Waals surface area contributed by atoms with Gasteiger partial charge < -0.3 is 9.47 Å². The zero-order valence-corrected chi connectivity index (χ0v) is 16.6. The van der Waals surface area contributed by atoms with Gasteiger partial charge in [0.1, 0.15) is 11.2 Å². The maximum atomic E-state index is 13.8. The van der Waals surface area contributed by atoms with Crippen LogP contribution in [0.2, 0.25) is 0 Å². The molecule has 0 radical (unpaired) electrons. The van der Waals surface area contributed by atoms with Gasteiger partial charge in [0.05, 0.1) is 7.11 Å². The number of ketones is 1. The van der Waals surface area contributed by atoms with Crippen LogP contribution in [-0.2, 0) is 14.9 Å². The first kappa shape index (κ1) is 18.9. The zero-order chi connectivity index (χ0) is 20.6. The van der Waals surface area contributed by atoms with E-state index in [0.29, 0.717) is 5.75 Å². The highest BCUT2D eigenvalue weighted by molar-refractivity contribution is 6.06. The summed E-state index contributed by atoms with van der Waals surface area (Å²) >= 11 is 0. The number of hydrogen-bond donors (Lipinski definition) is 0. The Morgan fingerprint density at radius 1 is 0.897 bits per heavy atom. The maximum absolute atomic E-state index is 13.8. The van der Waals surface area contributed by atoms with Crippen molar-refractivity contribution in [3.63, 3.8) is 0 Å². The third kappa shape index (κ3) is 2.92. The molecular weight excluding hydrogens is 364 g/mol. The number of methoxy groups -OCH3 is 1. The van der Waals surface area contributed by atoms with E-state index in [-0.39, 0.29) is 11.7 Å². The van der Waals surface area contributed by atoms with Crippen LogP contribution < -0.4 is 4.74 Å². The van der Waals surface area contributed by atoms with E-state index >= 15 is 0 Å². The van der Waals surface area contributed by atoms with Crippen LogP contribution in [0.1, 0.15) is 40.7 Å². The van der Waals surface area contributed by atoms with E-state index in [1.807, 2.05) is 74.5 Å². The predicted octanol–water partition coefficient (Wildman–Crippen LogP) is 5.16. The van der Waals surface area contributed by atoms with E-state index in [1.165, 1.54) is 7.11 Å². The van der Waals surface area contributed by atoms with E-state index in [9.17, 15) is 9.59 Å². The third-order valence-corrected chi connectivity index (χ3v) is 5.73. The average molecular weight is 386 g/mol. The van der Waals surface area contributed by atoms with Crippen LogP contribution in [0.25, 0.3) is 0 Å². The molecule has 0 bridgehead atoms. The number of rotatable bonds is 3. The number of carbonyl (C=O) groups excluding carboxylic acids is 2. The fourth-order valence-electron chi connectivity index (χ4n) is 4.29. The Balaban J connectivity index is 1.93. The summed E-state index contributed by atoms with van der Waals surface area (Å²) in [6, 6.07) is 23.2. The minimum atomic E-state index is -0.895. The lowest BCUT2D eigenvalue weighted by Gasteiger charge is -2.31. The Morgan fingerprint density at radius 2 is 1.48 bits per heavy atom. The van der Waals surface area contributed by atoms with Crippen molar-refractivity contribution in [2.45, 2.75) is 25.2 Å². The Labute approximate surface area is 170 Å². The van der Waals surface area contributed by atoms with E-state index in [4.69, 9.17) is 4.74 Å². The van der Waals surface area contributed by atoms with Crippen LogP contribution in [0.3, 0.4) is 0 Å². The van der Waals surface area contributed by atoms with E-state index in [1.54, 1.807) is 12.1 Å². The molecule has 3 aromatic rings. The van der Waals surface area contributed by atoms with Crippen molar-refractivity contribution in [2.75, 3.05) is 7.11 Å². The highest BCUT2D eigenvalue weighted by Crippen LogP contribution is 2.51. The van der Waals surface area contributed by atoms with Gasteiger partial charge in [-0.1, -0.05) is 73.2 Å². The lowest BCUT2D eigenvalue weighted by molar-refractivity contribution is -0.122. The molecule has 3 aromatic carbocycles. The number of Topliss-reactive ketones (excluding diaryl/α,β-unsaturated/α-hetero) is 1. The summed E-state index contributed by atoms with van der Waals surface area (Å²) in [5, 5.41) is 0. The van der Waals surface area contributed by atoms with Gasteiger partial charge in [0.2, 0.25) is 0 Å². The molecule has 2 unspecified atom stereocenters. The minimum absolute atomic E-state index is 0.143. The molecule has 0 saturated heterocycles. The molecular formula is C25H22O4. The van der Waals surface area contributed by atoms with Crippen LogP contribution in [-0.4, -0.2) is 19.0 Å². The standard InChI is InChI=1S/C25H22O4/c1-16-8-10-18(11-9-16)25(19-12-14-20(15-13-19)29-24(27)28-3)22-7-5-4-6-21(22)17(2)23(25)26/h4-15,17H,1-3H3. The van der Waals surface area contributed by atoms with Gasteiger partial charge in [0.25, 0.3) is 0 Å². The summed E-state index contributed by atoms with van der Waals surface area (Å²) in [5.41, 5.74) is 4.08. The van der Waals surface area contributed by atoms with Gasteiger partial charge in [-0.3, -0.25) is 4.79 Å². The summed E-state index contributed by atoms with van der Waals surface area (Å²) in [4.78, 5) is 25.2. The number of ether oxygens (including phenoxy) is 2. The highest BCUT2D eigenvalue weighted by Gasteiger charge is 2.52. The van der Waals surface area contributed by atoms with E-state index in [0.717, 1.165) is 27.8 Å². The van der Waals surface area contributed by atoms with Crippen LogP contribution >= 0.6 is 0 Å². The largest absolute Gasteiger partial charge is 0.513 e. The van der Waals surface area contributed by atoms with Crippen LogP contribution in [0, 0.1) is 6.92 Å². The molecule has 1 aliphatic carbocycles. The third-order valence-electron chi connectivity index (χ3n) is 5.73. The van der Waals surface area contributed by atoms with Crippen molar-refractivity contribution >= 4 is 11.9 Å². The SMILES string of the molecule is COC(=O)Oc1ccc(C2(c3ccc(C)cc3)C(=O)C(C)c3ccccc32)cc1. The van der Waals surface area contributed by atoms with Gasteiger partial charge in [-0.25, -0.2) is 4.79 Å². The van der Waals surface area contributed by atoms with Gasteiger partial charge in [-0.2, -0.15) is 0 Å². The fraction of sp³-hybridized carbons (Fsp3) is 0.200. The molecule has 4 rings (SSSR count). The number of carbonyl (C=O) groups is 2. The number of aryl methyl sites for hydroxylation is 1. The molecule has 1 aliphatic rings. The first-order valence-electron chi connectivity index (χ1n) is 9.55. The van der Waals surface area contributed by atoms with Gasteiger partial charge in [-0.15, -0.1) is 0 Å². The molecule has 0 spiro atoms. The minimum Gasteiger partial charge on any atom is -0.437 e. The molecule has 0 amide bonds. The Hall–Kier alpha value is -3.40. The fourth-order valence-corrected chi connectivity index (χ4v) is 4.29. The Kier molecular flexibility index (Phi) is 4.71. The average Bonchev–Trinajstić information content (AvgIpc) is 2.97. The van der Waals surface area contributed by atoms with Gasteiger partial charge in [0, 0.05) is 5.92 Å². The van der Waals surface area contributed by atoms with Crippen LogP contribution in [0.4, 0.5) is 4.79 Å². The lowest BCUT2D eigenvalue weighted by Crippen LogP contribution is -2.35. The molecule has 0 aliphatic heterocycles. The molecule has 0 saturated carbocycles. The van der Waals surface area contributed by atoms with Crippen LogP contribution in [0.15, 0.2) is 72.8 Å². The predicted molar refractivity (Wildman–Crippen MR) is 110 cm³/mol. The number of benzene rings is 3. The van der Waals surface area contributed by atoms with Crippen molar-refractivity contribution < 1.29 is 19.1 Å².